The van der Waals surface area contributed by atoms with Gasteiger partial charge in [0.15, 0.2) is 0 Å². The summed E-state index contributed by atoms with van der Waals surface area (Å²) in [5.41, 5.74) is 3.12. The summed E-state index contributed by atoms with van der Waals surface area (Å²) in [5, 5.41) is 14.7. The average Bonchev–Trinajstić information content (AvgIpc) is 2.69. The number of hydrogen-bond donors (Lipinski definition) is 4. The van der Waals surface area contributed by atoms with Crippen LogP contribution in [-0.4, -0.2) is 42.5 Å². The Morgan fingerprint density at radius 2 is 1.72 bits per heavy atom. The number of hydrogen-bond acceptors (Lipinski definition) is 5. The van der Waals surface area contributed by atoms with Crippen LogP contribution in [-0.2, 0) is 25.6 Å². The molecule has 0 heterocycles. The van der Waals surface area contributed by atoms with Crippen molar-refractivity contribution in [3.63, 3.8) is 0 Å². The molecule has 29 heavy (non-hydrogen) atoms. The molecule has 0 fully saturated rings. The second-order valence-corrected chi connectivity index (χ2v) is 6.93. The van der Waals surface area contributed by atoms with E-state index in [0.717, 1.165) is 37.7 Å². The molecule has 1 atom stereocenters. The molecule has 0 aliphatic rings. The molecule has 0 aromatic heterocycles. The highest BCUT2D eigenvalue weighted by Gasteiger charge is 2.23. The summed E-state index contributed by atoms with van der Waals surface area (Å²) in [7, 11) is 1.31. The summed E-state index contributed by atoms with van der Waals surface area (Å²) in [4.78, 5) is 41.1. The smallest absolute Gasteiger partial charge is 0.246 e. The molecule has 0 unspecified atom stereocenters. The number of rotatable bonds is 14. The van der Waals surface area contributed by atoms with Crippen molar-refractivity contribution in [2.45, 2.75) is 64.3 Å². The third-order valence-electron chi connectivity index (χ3n) is 4.41. The number of phenols is 1. The standard InChI is InChI=1S/C21H33N3O5/c1-3-4-5-6-7-8-19(26)23-18(15-20(27)24-29-2)21(28)22-14-13-16-9-11-17(25)12-10-16/h9-12,18,25H,3-8,13-15H2,1-2H3,(H,22,28)(H,23,26)(H,24,27)/t18-/m1/s1. The molecular formula is C21H33N3O5. The number of amides is 3. The Bertz CT molecular complexity index is 634. The van der Waals surface area contributed by atoms with E-state index in [9.17, 15) is 19.5 Å². The number of phenolic OH excluding ortho intramolecular Hbond substituents is 1. The van der Waals surface area contributed by atoms with Gasteiger partial charge in [-0.05, 0) is 30.5 Å². The minimum atomic E-state index is -0.965. The molecular weight excluding hydrogens is 374 g/mol. The molecule has 0 saturated carbocycles. The van der Waals surface area contributed by atoms with E-state index in [1.165, 1.54) is 7.11 Å². The molecule has 4 N–H and O–H groups in total. The monoisotopic (exact) mass is 407 g/mol. The van der Waals surface area contributed by atoms with Gasteiger partial charge in [0, 0.05) is 13.0 Å². The van der Waals surface area contributed by atoms with E-state index in [1.54, 1.807) is 24.3 Å². The van der Waals surface area contributed by atoms with Crippen molar-refractivity contribution in [2.75, 3.05) is 13.7 Å². The maximum absolute atomic E-state index is 12.5. The van der Waals surface area contributed by atoms with E-state index in [1.807, 2.05) is 0 Å². The van der Waals surface area contributed by atoms with E-state index in [-0.39, 0.29) is 18.1 Å². The molecule has 0 saturated heterocycles. The maximum atomic E-state index is 12.5. The third kappa shape index (κ3) is 11.1. The lowest BCUT2D eigenvalue weighted by atomic mass is 10.1. The lowest BCUT2D eigenvalue weighted by Gasteiger charge is -2.18. The number of hydroxylamine groups is 1. The van der Waals surface area contributed by atoms with Gasteiger partial charge in [0.25, 0.3) is 0 Å². The molecule has 0 aliphatic carbocycles. The SMILES string of the molecule is CCCCCCCC(=O)N[C@H](CC(=O)NOC)C(=O)NCCc1ccc(O)cc1. The lowest BCUT2D eigenvalue weighted by Crippen LogP contribution is -2.49. The van der Waals surface area contributed by atoms with Gasteiger partial charge in [0.1, 0.15) is 11.8 Å². The van der Waals surface area contributed by atoms with Crippen molar-refractivity contribution in [1.82, 2.24) is 16.1 Å². The highest BCUT2D eigenvalue weighted by atomic mass is 16.6. The number of nitrogens with one attached hydrogen (secondary N) is 3. The predicted octanol–water partition coefficient (Wildman–Crippen LogP) is 1.96. The van der Waals surface area contributed by atoms with E-state index < -0.39 is 17.9 Å². The predicted molar refractivity (Wildman–Crippen MR) is 110 cm³/mol. The summed E-state index contributed by atoms with van der Waals surface area (Å²) < 4.78 is 0. The number of unbranched alkanes of at least 4 members (excludes halogenated alkanes) is 4. The zero-order chi connectivity index (χ0) is 21.5. The minimum absolute atomic E-state index is 0.180. The number of carbonyl (C=O) groups excluding carboxylic acids is 3. The zero-order valence-corrected chi connectivity index (χ0v) is 17.3. The quantitative estimate of drug-likeness (QED) is 0.278. The first-order valence-electron chi connectivity index (χ1n) is 10.1. The molecule has 0 bridgehead atoms. The Labute approximate surface area is 172 Å². The van der Waals surface area contributed by atoms with Crippen LogP contribution in [0.2, 0.25) is 0 Å². The maximum Gasteiger partial charge on any atom is 0.246 e. The summed E-state index contributed by atoms with van der Waals surface area (Å²) in [6.07, 6.45) is 5.77. The molecule has 1 rings (SSSR count). The second-order valence-electron chi connectivity index (χ2n) is 6.93. The van der Waals surface area contributed by atoms with E-state index in [4.69, 9.17) is 0 Å². The van der Waals surface area contributed by atoms with Crippen molar-refractivity contribution in [3.8, 4) is 5.75 Å². The first-order valence-corrected chi connectivity index (χ1v) is 10.1. The Kier molecular flexibility index (Phi) is 12.1. The largest absolute Gasteiger partial charge is 0.508 e. The summed E-state index contributed by atoms with van der Waals surface area (Å²) in [6.45, 7) is 2.47. The van der Waals surface area contributed by atoms with Crippen molar-refractivity contribution < 1.29 is 24.3 Å². The summed E-state index contributed by atoms with van der Waals surface area (Å²) >= 11 is 0. The van der Waals surface area contributed by atoms with Crippen LogP contribution in [0.1, 0.15) is 57.4 Å². The molecule has 0 spiro atoms. The Balaban J connectivity index is 2.50. The highest BCUT2D eigenvalue weighted by molar-refractivity contribution is 5.91. The van der Waals surface area contributed by atoms with Gasteiger partial charge in [-0.25, -0.2) is 5.48 Å². The van der Waals surface area contributed by atoms with Crippen LogP contribution in [0.4, 0.5) is 0 Å². The molecule has 1 aromatic rings. The molecule has 3 amide bonds. The Morgan fingerprint density at radius 1 is 1.03 bits per heavy atom. The van der Waals surface area contributed by atoms with Crippen molar-refractivity contribution >= 4 is 17.7 Å². The van der Waals surface area contributed by atoms with Crippen molar-refractivity contribution in [3.05, 3.63) is 29.8 Å². The van der Waals surface area contributed by atoms with Crippen LogP contribution in [0.5, 0.6) is 5.75 Å². The molecule has 0 aliphatic heterocycles. The fourth-order valence-electron chi connectivity index (χ4n) is 2.82. The summed E-state index contributed by atoms with van der Waals surface area (Å²) in [5.74, 6) is -0.978. The average molecular weight is 408 g/mol. The van der Waals surface area contributed by atoms with Gasteiger partial charge in [0.2, 0.25) is 17.7 Å². The van der Waals surface area contributed by atoms with Gasteiger partial charge < -0.3 is 15.7 Å². The Hall–Kier alpha value is -2.61. The molecule has 8 nitrogen and oxygen atoms in total. The van der Waals surface area contributed by atoms with Crippen LogP contribution >= 0.6 is 0 Å². The topological polar surface area (TPSA) is 117 Å². The first-order chi connectivity index (χ1) is 14.0. The van der Waals surface area contributed by atoms with Gasteiger partial charge in [-0.3, -0.25) is 19.2 Å². The van der Waals surface area contributed by atoms with Gasteiger partial charge >= 0.3 is 0 Å². The number of aromatic hydroxyl groups is 1. The molecule has 0 radical (unpaired) electrons. The normalized spacial score (nSPS) is 11.5. The molecule has 1 aromatic carbocycles. The minimum Gasteiger partial charge on any atom is -0.508 e. The van der Waals surface area contributed by atoms with Gasteiger partial charge in [0.05, 0.1) is 13.5 Å². The number of benzene rings is 1. The first kappa shape index (κ1) is 24.4. The highest BCUT2D eigenvalue weighted by Crippen LogP contribution is 2.09. The van der Waals surface area contributed by atoms with E-state index >= 15 is 0 Å². The summed E-state index contributed by atoms with van der Waals surface area (Å²) in [6, 6.07) is 5.73. The third-order valence-corrected chi connectivity index (χ3v) is 4.41. The Morgan fingerprint density at radius 3 is 2.38 bits per heavy atom. The van der Waals surface area contributed by atoms with Crippen molar-refractivity contribution in [1.29, 1.82) is 0 Å². The van der Waals surface area contributed by atoms with Crippen LogP contribution in [0.3, 0.4) is 0 Å². The van der Waals surface area contributed by atoms with E-state index in [0.29, 0.717) is 19.4 Å². The van der Waals surface area contributed by atoms with Crippen molar-refractivity contribution in [2.24, 2.45) is 0 Å². The second kappa shape index (κ2) is 14.4. The van der Waals surface area contributed by atoms with Crippen LogP contribution in [0.15, 0.2) is 24.3 Å². The number of carbonyl (C=O) groups is 3. The van der Waals surface area contributed by atoms with Crippen LogP contribution < -0.4 is 16.1 Å². The van der Waals surface area contributed by atoms with Crippen LogP contribution in [0.25, 0.3) is 0 Å². The van der Waals surface area contributed by atoms with Crippen LogP contribution in [0, 0.1) is 0 Å². The van der Waals surface area contributed by atoms with Gasteiger partial charge in [-0.1, -0.05) is 44.7 Å². The van der Waals surface area contributed by atoms with E-state index in [2.05, 4.69) is 27.9 Å². The van der Waals surface area contributed by atoms with Gasteiger partial charge in [-0.15, -0.1) is 0 Å². The zero-order valence-electron chi connectivity index (χ0n) is 17.3. The fraction of sp³-hybridized carbons (Fsp3) is 0.571. The fourth-order valence-corrected chi connectivity index (χ4v) is 2.82. The molecule has 162 valence electrons. The van der Waals surface area contributed by atoms with Gasteiger partial charge in [-0.2, -0.15) is 0 Å². The molecule has 8 heteroatoms. The lowest BCUT2D eigenvalue weighted by molar-refractivity contribution is -0.136.